The van der Waals surface area contributed by atoms with E-state index in [0.717, 1.165) is 0 Å². The fraction of sp³-hybridized carbons (Fsp3) is 0.214. The molecule has 2 rings (SSSR count). The van der Waals surface area contributed by atoms with Gasteiger partial charge in [0.1, 0.15) is 0 Å². The molecule has 1 aromatic heterocycles. The molecule has 0 fully saturated rings. The van der Waals surface area contributed by atoms with Gasteiger partial charge in [0.2, 0.25) is 0 Å². The maximum absolute atomic E-state index is 12.4. The second kappa shape index (κ2) is 5.16. The molecule has 0 saturated carbocycles. The second-order valence-corrected chi connectivity index (χ2v) is 4.44. The van der Waals surface area contributed by atoms with Crippen LogP contribution in [0.5, 0.6) is 5.75 Å². The predicted octanol–water partition coefficient (Wildman–Crippen LogP) is 3.69. The molecule has 0 saturated heterocycles. The van der Waals surface area contributed by atoms with Crippen molar-refractivity contribution in [3.63, 3.8) is 0 Å². The molecule has 4 nitrogen and oxygen atoms in total. The minimum Gasteiger partial charge on any atom is -0.478 e. The fourth-order valence-electron chi connectivity index (χ4n) is 2.20. The Kier molecular flexibility index (Phi) is 3.67. The van der Waals surface area contributed by atoms with Crippen LogP contribution >= 0.6 is 0 Å². The summed E-state index contributed by atoms with van der Waals surface area (Å²) >= 11 is 0. The van der Waals surface area contributed by atoms with Crippen LogP contribution in [0, 0.1) is 13.8 Å². The van der Waals surface area contributed by atoms with Gasteiger partial charge in [-0.1, -0.05) is 12.1 Å². The minimum absolute atomic E-state index is 0.0364. The fourth-order valence-corrected chi connectivity index (χ4v) is 2.20. The first-order chi connectivity index (χ1) is 9.70. The first kappa shape index (κ1) is 15.0. The SMILES string of the molecule is Cc1cc(C(=O)O)c(C)n1-c1ccccc1OC(F)(F)F. The summed E-state index contributed by atoms with van der Waals surface area (Å²) < 4.78 is 42.8. The van der Waals surface area contributed by atoms with Crippen molar-refractivity contribution in [1.29, 1.82) is 0 Å². The van der Waals surface area contributed by atoms with Gasteiger partial charge in [-0.05, 0) is 32.0 Å². The number of hydrogen-bond donors (Lipinski definition) is 1. The number of para-hydroxylation sites is 2. The summed E-state index contributed by atoms with van der Waals surface area (Å²) in [6.45, 7) is 3.14. The number of aryl methyl sites for hydroxylation is 1. The zero-order valence-corrected chi connectivity index (χ0v) is 11.2. The van der Waals surface area contributed by atoms with E-state index in [2.05, 4.69) is 4.74 Å². The number of rotatable bonds is 3. The Hall–Kier alpha value is -2.44. The number of aromatic carboxylic acids is 1. The van der Waals surface area contributed by atoms with Crippen LogP contribution in [0.3, 0.4) is 0 Å². The van der Waals surface area contributed by atoms with Crippen molar-refractivity contribution in [2.75, 3.05) is 0 Å². The molecule has 0 amide bonds. The molecule has 1 aromatic carbocycles. The quantitative estimate of drug-likeness (QED) is 0.940. The summed E-state index contributed by atoms with van der Waals surface area (Å²) in [5, 5.41) is 9.08. The van der Waals surface area contributed by atoms with E-state index in [4.69, 9.17) is 5.11 Å². The van der Waals surface area contributed by atoms with Gasteiger partial charge in [0.25, 0.3) is 0 Å². The number of halogens is 3. The zero-order chi connectivity index (χ0) is 15.8. The summed E-state index contributed by atoms with van der Waals surface area (Å²) in [4.78, 5) is 11.1. The molecule has 1 heterocycles. The summed E-state index contributed by atoms with van der Waals surface area (Å²) in [7, 11) is 0. The Bertz CT molecular complexity index is 689. The van der Waals surface area contributed by atoms with Gasteiger partial charge in [-0.3, -0.25) is 0 Å². The molecule has 0 spiro atoms. The average Bonchev–Trinajstić information content (AvgIpc) is 2.64. The van der Waals surface area contributed by atoms with Crippen molar-refractivity contribution in [1.82, 2.24) is 4.57 Å². The molecule has 0 unspecified atom stereocenters. The number of carboxylic acid groups (broad SMARTS) is 1. The van der Waals surface area contributed by atoms with Crippen LogP contribution in [0.15, 0.2) is 30.3 Å². The molecular formula is C14H12F3NO3. The molecule has 0 aliphatic carbocycles. The molecule has 0 radical (unpaired) electrons. The normalized spacial score (nSPS) is 11.5. The average molecular weight is 299 g/mol. The summed E-state index contributed by atoms with van der Waals surface area (Å²) in [5.41, 5.74) is 1.01. The van der Waals surface area contributed by atoms with E-state index in [9.17, 15) is 18.0 Å². The van der Waals surface area contributed by atoms with Crippen molar-refractivity contribution in [3.8, 4) is 11.4 Å². The first-order valence-electron chi connectivity index (χ1n) is 5.98. The smallest absolute Gasteiger partial charge is 0.478 e. The second-order valence-electron chi connectivity index (χ2n) is 4.44. The van der Waals surface area contributed by atoms with E-state index in [0.29, 0.717) is 11.4 Å². The standard InChI is InChI=1S/C14H12F3NO3/c1-8-7-10(13(19)20)9(2)18(8)11-5-3-4-6-12(11)21-14(15,16)17/h3-7H,1-2H3,(H,19,20). The van der Waals surface area contributed by atoms with Crippen molar-refractivity contribution in [3.05, 3.63) is 47.3 Å². The van der Waals surface area contributed by atoms with Gasteiger partial charge >= 0.3 is 12.3 Å². The number of hydrogen-bond acceptors (Lipinski definition) is 2. The topological polar surface area (TPSA) is 51.5 Å². The first-order valence-corrected chi connectivity index (χ1v) is 5.98. The Balaban J connectivity index is 2.60. The van der Waals surface area contributed by atoms with E-state index in [1.165, 1.54) is 35.8 Å². The van der Waals surface area contributed by atoms with Gasteiger partial charge in [-0.15, -0.1) is 13.2 Å². The number of aromatic nitrogens is 1. The largest absolute Gasteiger partial charge is 0.573 e. The lowest BCUT2D eigenvalue weighted by Gasteiger charge is -2.16. The Morgan fingerprint density at radius 2 is 1.86 bits per heavy atom. The maximum Gasteiger partial charge on any atom is 0.573 e. The highest BCUT2D eigenvalue weighted by Crippen LogP contribution is 2.31. The minimum atomic E-state index is -4.82. The molecule has 112 valence electrons. The Morgan fingerprint density at radius 1 is 1.24 bits per heavy atom. The molecule has 1 N–H and O–H groups in total. The molecule has 0 atom stereocenters. The Morgan fingerprint density at radius 3 is 2.38 bits per heavy atom. The van der Waals surface area contributed by atoms with E-state index in [1.807, 2.05) is 0 Å². The highest BCUT2D eigenvalue weighted by Gasteiger charge is 2.32. The van der Waals surface area contributed by atoms with E-state index in [-0.39, 0.29) is 17.0 Å². The van der Waals surface area contributed by atoms with E-state index < -0.39 is 12.3 Å². The third-order valence-corrected chi connectivity index (χ3v) is 2.99. The zero-order valence-electron chi connectivity index (χ0n) is 11.2. The number of ether oxygens (including phenoxy) is 1. The predicted molar refractivity (Wildman–Crippen MR) is 68.9 cm³/mol. The van der Waals surface area contributed by atoms with Gasteiger partial charge in [-0.25, -0.2) is 4.79 Å². The van der Waals surface area contributed by atoms with Crippen molar-refractivity contribution < 1.29 is 27.8 Å². The molecule has 2 aromatic rings. The van der Waals surface area contributed by atoms with Crippen molar-refractivity contribution in [2.24, 2.45) is 0 Å². The van der Waals surface area contributed by atoms with Crippen LogP contribution in [0.25, 0.3) is 5.69 Å². The van der Waals surface area contributed by atoms with Crippen LogP contribution < -0.4 is 4.74 Å². The van der Waals surface area contributed by atoms with Crippen LogP contribution in [0.1, 0.15) is 21.7 Å². The lowest BCUT2D eigenvalue weighted by Crippen LogP contribution is -2.18. The van der Waals surface area contributed by atoms with Gasteiger partial charge < -0.3 is 14.4 Å². The van der Waals surface area contributed by atoms with Gasteiger partial charge in [0, 0.05) is 11.4 Å². The maximum atomic E-state index is 12.4. The monoisotopic (exact) mass is 299 g/mol. The lowest BCUT2D eigenvalue weighted by atomic mass is 10.2. The third-order valence-electron chi connectivity index (χ3n) is 2.99. The third kappa shape index (κ3) is 3.01. The van der Waals surface area contributed by atoms with Crippen LogP contribution in [0.4, 0.5) is 13.2 Å². The van der Waals surface area contributed by atoms with Crippen molar-refractivity contribution >= 4 is 5.97 Å². The Labute approximate surface area is 118 Å². The number of alkyl halides is 3. The highest BCUT2D eigenvalue weighted by atomic mass is 19.4. The van der Waals surface area contributed by atoms with Crippen LogP contribution in [-0.2, 0) is 0 Å². The number of nitrogens with zero attached hydrogens (tertiary/aromatic N) is 1. The summed E-state index contributed by atoms with van der Waals surface area (Å²) in [6.07, 6.45) is -4.82. The summed E-state index contributed by atoms with van der Waals surface area (Å²) in [6, 6.07) is 6.99. The molecule has 7 heteroatoms. The molecule has 0 bridgehead atoms. The number of carboxylic acids is 1. The molecule has 0 aliphatic rings. The summed E-state index contributed by atoms with van der Waals surface area (Å²) in [5.74, 6) is -1.52. The highest BCUT2D eigenvalue weighted by molar-refractivity contribution is 5.89. The van der Waals surface area contributed by atoms with Crippen LogP contribution in [0.2, 0.25) is 0 Å². The van der Waals surface area contributed by atoms with Gasteiger partial charge in [0.15, 0.2) is 5.75 Å². The van der Waals surface area contributed by atoms with Crippen LogP contribution in [-0.4, -0.2) is 22.0 Å². The number of benzene rings is 1. The van der Waals surface area contributed by atoms with Gasteiger partial charge in [0.05, 0.1) is 11.3 Å². The van der Waals surface area contributed by atoms with Gasteiger partial charge in [-0.2, -0.15) is 0 Å². The van der Waals surface area contributed by atoms with E-state index in [1.54, 1.807) is 13.0 Å². The molecular weight excluding hydrogens is 287 g/mol. The molecule has 0 aliphatic heterocycles. The number of carbonyl (C=O) groups is 1. The van der Waals surface area contributed by atoms with Crippen molar-refractivity contribution in [2.45, 2.75) is 20.2 Å². The van der Waals surface area contributed by atoms with E-state index >= 15 is 0 Å². The lowest BCUT2D eigenvalue weighted by molar-refractivity contribution is -0.274. The molecule has 21 heavy (non-hydrogen) atoms.